The fraction of sp³-hybridized carbons (Fsp3) is 0.143. The van der Waals surface area contributed by atoms with Crippen LogP contribution in [-0.2, 0) is 13.1 Å². The number of halogens is 1. The molecule has 2 N–H and O–H groups in total. The number of imidazole rings is 1. The van der Waals surface area contributed by atoms with Crippen molar-refractivity contribution in [2.75, 3.05) is 0 Å². The summed E-state index contributed by atoms with van der Waals surface area (Å²) in [6.45, 7) is 2.90. The van der Waals surface area contributed by atoms with Crippen LogP contribution in [0.5, 0.6) is 0 Å². The lowest BCUT2D eigenvalue weighted by Crippen LogP contribution is -2.22. The van der Waals surface area contributed by atoms with Gasteiger partial charge < -0.3 is 19.3 Å². The van der Waals surface area contributed by atoms with E-state index in [9.17, 15) is 4.79 Å². The second-order valence-corrected chi connectivity index (χ2v) is 7.69. The van der Waals surface area contributed by atoms with E-state index in [1.165, 1.54) is 3.57 Å². The van der Waals surface area contributed by atoms with Crippen molar-refractivity contribution in [3.63, 3.8) is 0 Å². The zero-order valence-electron chi connectivity index (χ0n) is 15.3. The molecule has 1 aromatic carbocycles. The van der Waals surface area contributed by atoms with Gasteiger partial charge in [-0.15, -0.1) is 0 Å². The number of benzene rings is 1. The van der Waals surface area contributed by atoms with E-state index in [4.69, 9.17) is 4.42 Å². The predicted molar refractivity (Wildman–Crippen MR) is 115 cm³/mol. The van der Waals surface area contributed by atoms with Crippen LogP contribution in [0.15, 0.2) is 65.3 Å². The Hall–Kier alpha value is -2.81. The molecule has 6 nitrogen and oxygen atoms in total. The highest BCUT2D eigenvalue weighted by molar-refractivity contribution is 14.1. The first-order valence-electron chi connectivity index (χ1n) is 8.87. The van der Waals surface area contributed by atoms with Crippen molar-refractivity contribution in [2.45, 2.75) is 20.0 Å². The molecule has 0 aliphatic rings. The molecule has 3 heterocycles. The van der Waals surface area contributed by atoms with Crippen LogP contribution in [0, 0.1) is 10.5 Å². The van der Waals surface area contributed by atoms with Crippen LogP contribution in [0.25, 0.3) is 11.3 Å². The van der Waals surface area contributed by atoms with Gasteiger partial charge in [0.15, 0.2) is 0 Å². The first-order valence-corrected chi connectivity index (χ1v) is 9.95. The Bertz CT molecular complexity index is 1090. The molecular formula is C21H19IN4O2. The number of hydrogen-bond donors (Lipinski definition) is 2. The van der Waals surface area contributed by atoms with Gasteiger partial charge in [0, 0.05) is 21.7 Å². The first-order chi connectivity index (χ1) is 13.6. The minimum Gasteiger partial charge on any atom is -0.462 e. The lowest BCUT2D eigenvalue weighted by atomic mass is 10.2. The van der Waals surface area contributed by atoms with Crippen molar-refractivity contribution >= 4 is 28.5 Å². The highest BCUT2D eigenvalue weighted by Crippen LogP contribution is 2.20. The van der Waals surface area contributed by atoms with Crippen molar-refractivity contribution in [3.8, 4) is 11.3 Å². The number of amides is 1. The Morgan fingerprint density at radius 3 is 2.68 bits per heavy atom. The summed E-state index contributed by atoms with van der Waals surface area (Å²) in [6.07, 6.45) is 3.68. The topological polar surface area (TPSA) is 75.8 Å². The molecule has 0 bridgehead atoms. The summed E-state index contributed by atoms with van der Waals surface area (Å²) < 4.78 is 8.99. The van der Waals surface area contributed by atoms with E-state index in [1.54, 1.807) is 12.3 Å². The van der Waals surface area contributed by atoms with Crippen molar-refractivity contribution in [3.05, 3.63) is 87.5 Å². The quantitative estimate of drug-likeness (QED) is 0.398. The predicted octanol–water partition coefficient (Wildman–Crippen LogP) is 4.36. The Balaban J connectivity index is 1.36. The molecule has 142 valence electrons. The number of furan rings is 1. The van der Waals surface area contributed by atoms with Gasteiger partial charge in [-0.2, -0.15) is 0 Å². The number of hydrogen-bond acceptors (Lipinski definition) is 3. The van der Waals surface area contributed by atoms with E-state index in [0.717, 1.165) is 22.8 Å². The van der Waals surface area contributed by atoms with Crippen molar-refractivity contribution in [1.82, 2.24) is 19.9 Å². The van der Waals surface area contributed by atoms with Crippen LogP contribution < -0.4 is 5.32 Å². The monoisotopic (exact) mass is 486 g/mol. The number of aromatic amines is 1. The van der Waals surface area contributed by atoms with Gasteiger partial charge in [-0.3, -0.25) is 4.79 Å². The third-order valence-electron chi connectivity index (χ3n) is 4.48. The summed E-state index contributed by atoms with van der Waals surface area (Å²) in [5, 5.41) is 2.89. The minimum absolute atomic E-state index is 0.167. The number of nitrogens with one attached hydrogen (secondary N) is 2. The van der Waals surface area contributed by atoms with Crippen molar-refractivity contribution in [2.24, 2.45) is 0 Å². The van der Waals surface area contributed by atoms with Crippen LogP contribution in [-0.4, -0.2) is 20.4 Å². The molecular weight excluding hydrogens is 467 g/mol. The maximum atomic E-state index is 12.4. The smallest absolute Gasteiger partial charge is 0.268 e. The zero-order chi connectivity index (χ0) is 19.5. The minimum atomic E-state index is -0.167. The summed E-state index contributed by atoms with van der Waals surface area (Å²) in [7, 11) is 0. The molecule has 0 saturated carbocycles. The second kappa shape index (κ2) is 8.05. The average molecular weight is 486 g/mol. The molecule has 0 aliphatic carbocycles. The molecule has 3 aromatic heterocycles. The first kappa shape index (κ1) is 18.5. The Kier molecular flexibility index (Phi) is 5.34. The zero-order valence-corrected chi connectivity index (χ0v) is 17.4. The van der Waals surface area contributed by atoms with E-state index in [2.05, 4.69) is 37.9 Å². The lowest BCUT2D eigenvalue weighted by molar-refractivity contribution is 0.0943. The molecule has 4 rings (SSSR count). The molecule has 0 spiro atoms. The maximum absolute atomic E-state index is 12.4. The summed E-state index contributed by atoms with van der Waals surface area (Å²) in [5.41, 5.74) is 2.48. The summed E-state index contributed by atoms with van der Waals surface area (Å²) in [4.78, 5) is 19.8. The van der Waals surface area contributed by atoms with E-state index >= 15 is 0 Å². The standard InChI is InChI=1S/C21H19IN4O2/c1-14-23-10-11-26(14)13-18-7-6-17(28-18)12-24-21(27)20-9-8-19(25-20)15-2-4-16(22)5-3-15/h2-11,25H,12-13H2,1H3,(H,24,27). The van der Waals surface area contributed by atoms with E-state index in [1.807, 2.05) is 60.2 Å². The molecule has 1 amide bonds. The van der Waals surface area contributed by atoms with Gasteiger partial charge in [0.25, 0.3) is 5.91 Å². The maximum Gasteiger partial charge on any atom is 0.268 e. The molecule has 0 aliphatic heterocycles. The Morgan fingerprint density at radius 2 is 1.93 bits per heavy atom. The Morgan fingerprint density at radius 1 is 1.14 bits per heavy atom. The van der Waals surface area contributed by atoms with Crippen LogP contribution in [0.3, 0.4) is 0 Å². The van der Waals surface area contributed by atoms with Gasteiger partial charge >= 0.3 is 0 Å². The third kappa shape index (κ3) is 4.19. The van der Waals surface area contributed by atoms with Gasteiger partial charge in [0.1, 0.15) is 23.0 Å². The fourth-order valence-corrected chi connectivity index (χ4v) is 3.29. The molecule has 28 heavy (non-hydrogen) atoms. The summed E-state index contributed by atoms with van der Waals surface area (Å²) in [6, 6.07) is 15.6. The van der Waals surface area contributed by atoms with Crippen molar-refractivity contribution in [1.29, 1.82) is 0 Å². The highest BCUT2D eigenvalue weighted by Gasteiger charge is 2.11. The van der Waals surface area contributed by atoms with Crippen molar-refractivity contribution < 1.29 is 9.21 Å². The fourth-order valence-electron chi connectivity index (χ4n) is 2.93. The number of rotatable bonds is 6. The number of aryl methyl sites for hydroxylation is 1. The molecule has 0 saturated heterocycles. The molecule has 0 radical (unpaired) electrons. The van der Waals surface area contributed by atoms with Crippen LogP contribution in [0.1, 0.15) is 27.8 Å². The lowest BCUT2D eigenvalue weighted by Gasteiger charge is -2.03. The SMILES string of the molecule is Cc1nccn1Cc1ccc(CNC(=O)c2ccc(-c3ccc(I)cc3)[nH]2)o1. The number of H-pyrrole nitrogens is 1. The molecule has 0 fully saturated rings. The van der Waals surface area contributed by atoms with E-state index in [0.29, 0.717) is 24.5 Å². The van der Waals surface area contributed by atoms with Gasteiger partial charge in [-0.25, -0.2) is 4.98 Å². The number of aromatic nitrogens is 3. The summed E-state index contributed by atoms with van der Waals surface area (Å²) in [5.74, 6) is 2.30. The van der Waals surface area contributed by atoms with Crippen LogP contribution in [0.4, 0.5) is 0 Å². The third-order valence-corrected chi connectivity index (χ3v) is 5.20. The van der Waals surface area contributed by atoms with Gasteiger partial charge in [0.05, 0.1) is 13.1 Å². The second-order valence-electron chi connectivity index (χ2n) is 6.45. The molecule has 4 aromatic rings. The normalized spacial score (nSPS) is 10.9. The molecule has 7 heteroatoms. The molecule has 0 atom stereocenters. The van der Waals surface area contributed by atoms with Crippen LogP contribution in [0.2, 0.25) is 0 Å². The largest absolute Gasteiger partial charge is 0.462 e. The van der Waals surface area contributed by atoms with E-state index < -0.39 is 0 Å². The number of carbonyl (C=O) groups excluding carboxylic acids is 1. The van der Waals surface area contributed by atoms with Gasteiger partial charge in [-0.1, -0.05) is 12.1 Å². The average Bonchev–Trinajstić information content (AvgIpc) is 3.43. The van der Waals surface area contributed by atoms with E-state index in [-0.39, 0.29) is 5.91 Å². The Labute approximate surface area is 176 Å². The highest BCUT2D eigenvalue weighted by atomic mass is 127. The molecule has 0 unspecified atom stereocenters. The van der Waals surface area contributed by atoms with Gasteiger partial charge in [-0.05, 0) is 71.5 Å². The van der Waals surface area contributed by atoms with Gasteiger partial charge in [0.2, 0.25) is 0 Å². The number of nitrogens with zero attached hydrogens (tertiary/aromatic N) is 2. The number of carbonyl (C=O) groups is 1. The van der Waals surface area contributed by atoms with Crippen LogP contribution >= 0.6 is 22.6 Å². The summed E-state index contributed by atoms with van der Waals surface area (Å²) >= 11 is 2.27.